The van der Waals surface area contributed by atoms with Crippen LogP contribution in [0.3, 0.4) is 0 Å². The standard InChI is InChI=1S/C16H30N4O2/c1-13(21)19-15(14-5-2-3-6-14)16(22)18-7-4-10-20-11-8-17-9-12-20/h14-15,17H,2-12H2,1H3,(H,18,22)(H,19,21). The molecule has 0 spiro atoms. The molecule has 22 heavy (non-hydrogen) atoms. The maximum Gasteiger partial charge on any atom is 0.242 e. The van der Waals surface area contributed by atoms with Crippen LogP contribution in [0.4, 0.5) is 0 Å². The molecule has 1 saturated heterocycles. The monoisotopic (exact) mass is 310 g/mol. The molecule has 1 aliphatic heterocycles. The number of carbonyl (C=O) groups excluding carboxylic acids is 2. The third kappa shape index (κ3) is 5.57. The van der Waals surface area contributed by atoms with Crippen molar-refractivity contribution < 1.29 is 9.59 Å². The van der Waals surface area contributed by atoms with Crippen LogP contribution in [0.1, 0.15) is 39.0 Å². The number of hydrogen-bond donors (Lipinski definition) is 3. The zero-order chi connectivity index (χ0) is 15.8. The fourth-order valence-electron chi connectivity index (χ4n) is 3.47. The second-order valence-electron chi connectivity index (χ2n) is 6.46. The maximum absolute atomic E-state index is 12.4. The molecule has 6 heteroatoms. The summed E-state index contributed by atoms with van der Waals surface area (Å²) >= 11 is 0. The molecule has 1 unspecified atom stereocenters. The molecular formula is C16H30N4O2. The summed E-state index contributed by atoms with van der Waals surface area (Å²) in [6, 6.07) is -0.348. The number of carbonyl (C=O) groups is 2. The van der Waals surface area contributed by atoms with Gasteiger partial charge in [0, 0.05) is 39.6 Å². The van der Waals surface area contributed by atoms with Crippen molar-refractivity contribution >= 4 is 11.8 Å². The summed E-state index contributed by atoms with van der Waals surface area (Å²) in [5, 5.41) is 9.19. The smallest absolute Gasteiger partial charge is 0.242 e. The minimum Gasteiger partial charge on any atom is -0.354 e. The Morgan fingerprint density at radius 1 is 1.23 bits per heavy atom. The first-order valence-electron chi connectivity index (χ1n) is 8.64. The first-order valence-corrected chi connectivity index (χ1v) is 8.64. The van der Waals surface area contributed by atoms with E-state index < -0.39 is 0 Å². The van der Waals surface area contributed by atoms with Gasteiger partial charge < -0.3 is 20.9 Å². The molecule has 2 aliphatic rings. The average molecular weight is 310 g/mol. The number of nitrogens with zero attached hydrogens (tertiary/aromatic N) is 1. The van der Waals surface area contributed by atoms with Crippen molar-refractivity contribution in [2.75, 3.05) is 39.3 Å². The maximum atomic E-state index is 12.4. The molecule has 3 N–H and O–H groups in total. The van der Waals surface area contributed by atoms with E-state index in [1.807, 2.05) is 0 Å². The molecule has 1 atom stereocenters. The van der Waals surface area contributed by atoms with Gasteiger partial charge in [-0.2, -0.15) is 0 Å². The van der Waals surface area contributed by atoms with Gasteiger partial charge in [0.25, 0.3) is 0 Å². The van der Waals surface area contributed by atoms with Crippen LogP contribution in [0.15, 0.2) is 0 Å². The van der Waals surface area contributed by atoms with Gasteiger partial charge in [-0.3, -0.25) is 9.59 Å². The summed E-state index contributed by atoms with van der Waals surface area (Å²) < 4.78 is 0. The Labute approximate surface area is 133 Å². The van der Waals surface area contributed by atoms with E-state index in [2.05, 4.69) is 20.9 Å². The van der Waals surface area contributed by atoms with Crippen molar-refractivity contribution in [2.24, 2.45) is 5.92 Å². The van der Waals surface area contributed by atoms with Gasteiger partial charge in [-0.1, -0.05) is 12.8 Å². The van der Waals surface area contributed by atoms with Crippen LogP contribution in [0.5, 0.6) is 0 Å². The van der Waals surface area contributed by atoms with Gasteiger partial charge in [0.05, 0.1) is 0 Å². The molecule has 0 bridgehead atoms. The van der Waals surface area contributed by atoms with E-state index in [1.165, 1.54) is 6.92 Å². The normalized spacial score (nSPS) is 21.5. The number of piperazine rings is 1. The van der Waals surface area contributed by atoms with Crippen molar-refractivity contribution in [1.29, 1.82) is 0 Å². The Morgan fingerprint density at radius 3 is 2.55 bits per heavy atom. The van der Waals surface area contributed by atoms with Crippen molar-refractivity contribution in [1.82, 2.24) is 20.9 Å². The molecule has 2 amide bonds. The molecule has 1 aliphatic carbocycles. The van der Waals surface area contributed by atoms with Crippen molar-refractivity contribution in [3.63, 3.8) is 0 Å². The molecule has 0 aromatic carbocycles. The van der Waals surface area contributed by atoms with E-state index in [4.69, 9.17) is 0 Å². The molecule has 1 saturated carbocycles. The fourth-order valence-corrected chi connectivity index (χ4v) is 3.47. The number of amides is 2. The molecule has 0 aromatic rings. The summed E-state index contributed by atoms with van der Waals surface area (Å²) in [5.41, 5.74) is 0. The number of hydrogen-bond acceptors (Lipinski definition) is 4. The van der Waals surface area contributed by atoms with Crippen LogP contribution in [0.25, 0.3) is 0 Å². The fraction of sp³-hybridized carbons (Fsp3) is 0.875. The van der Waals surface area contributed by atoms with E-state index >= 15 is 0 Å². The highest BCUT2D eigenvalue weighted by atomic mass is 16.2. The zero-order valence-corrected chi connectivity index (χ0v) is 13.7. The van der Waals surface area contributed by atoms with E-state index in [1.54, 1.807) is 0 Å². The SMILES string of the molecule is CC(=O)NC(C(=O)NCCCN1CCNCC1)C1CCCC1. The minimum atomic E-state index is -0.348. The Bertz CT molecular complexity index is 363. The molecule has 2 fully saturated rings. The van der Waals surface area contributed by atoms with E-state index in [9.17, 15) is 9.59 Å². The minimum absolute atomic E-state index is 0.0117. The Balaban J connectivity index is 1.69. The highest BCUT2D eigenvalue weighted by Gasteiger charge is 2.30. The highest BCUT2D eigenvalue weighted by Crippen LogP contribution is 2.27. The third-order valence-electron chi connectivity index (χ3n) is 4.67. The first-order chi connectivity index (χ1) is 10.7. The van der Waals surface area contributed by atoms with Gasteiger partial charge in [0.15, 0.2) is 0 Å². The van der Waals surface area contributed by atoms with Crippen LogP contribution >= 0.6 is 0 Å². The van der Waals surface area contributed by atoms with Gasteiger partial charge in [-0.15, -0.1) is 0 Å². The van der Waals surface area contributed by atoms with Gasteiger partial charge in [-0.05, 0) is 31.7 Å². The van der Waals surface area contributed by atoms with Crippen molar-refractivity contribution in [2.45, 2.75) is 45.1 Å². The van der Waals surface area contributed by atoms with Crippen LogP contribution in [-0.4, -0.2) is 62.0 Å². The second-order valence-corrected chi connectivity index (χ2v) is 6.46. The van der Waals surface area contributed by atoms with E-state index in [0.29, 0.717) is 12.5 Å². The van der Waals surface area contributed by atoms with Crippen molar-refractivity contribution in [3.8, 4) is 0 Å². The summed E-state index contributed by atoms with van der Waals surface area (Å²) in [7, 11) is 0. The predicted molar refractivity (Wildman–Crippen MR) is 86.5 cm³/mol. The topological polar surface area (TPSA) is 73.5 Å². The predicted octanol–water partition coefficient (Wildman–Crippen LogP) is 0.0928. The molecule has 0 aromatic heterocycles. The molecule has 2 rings (SSSR count). The summed E-state index contributed by atoms with van der Waals surface area (Å²) in [4.78, 5) is 26.1. The summed E-state index contributed by atoms with van der Waals surface area (Å²) in [6.45, 7) is 7.48. The van der Waals surface area contributed by atoms with Gasteiger partial charge in [-0.25, -0.2) is 0 Å². The first kappa shape index (κ1) is 17.2. The van der Waals surface area contributed by atoms with E-state index in [0.717, 1.165) is 64.8 Å². The van der Waals surface area contributed by atoms with Crippen LogP contribution in [0.2, 0.25) is 0 Å². The number of rotatable bonds is 7. The lowest BCUT2D eigenvalue weighted by molar-refractivity contribution is -0.129. The van der Waals surface area contributed by atoms with Gasteiger partial charge in [0.2, 0.25) is 11.8 Å². The van der Waals surface area contributed by atoms with Crippen LogP contribution < -0.4 is 16.0 Å². The highest BCUT2D eigenvalue weighted by molar-refractivity contribution is 5.87. The Kier molecular flexibility index (Phi) is 7.12. The molecule has 0 radical (unpaired) electrons. The molecule has 1 heterocycles. The van der Waals surface area contributed by atoms with E-state index in [-0.39, 0.29) is 17.9 Å². The molecule has 6 nitrogen and oxygen atoms in total. The molecule has 126 valence electrons. The lowest BCUT2D eigenvalue weighted by Crippen LogP contribution is -2.50. The quantitative estimate of drug-likeness (QED) is 0.583. The van der Waals surface area contributed by atoms with Gasteiger partial charge >= 0.3 is 0 Å². The lowest BCUT2D eigenvalue weighted by atomic mass is 9.97. The van der Waals surface area contributed by atoms with Crippen molar-refractivity contribution in [3.05, 3.63) is 0 Å². The third-order valence-corrected chi connectivity index (χ3v) is 4.67. The summed E-state index contributed by atoms with van der Waals surface area (Å²) in [5.74, 6) is 0.173. The second kappa shape index (κ2) is 9.10. The Morgan fingerprint density at radius 2 is 1.91 bits per heavy atom. The average Bonchev–Trinajstić information content (AvgIpc) is 3.04. The number of nitrogens with one attached hydrogen (secondary N) is 3. The Hall–Kier alpha value is -1.14. The molecular weight excluding hydrogens is 280 g/mol. The summed E-state index contributed by atoms with van der Waals surface area (Å²) in [6.07, 6.45) is 5.37. The van der Waals surface area contributed by atoms with Gasteiger partial charge in [0.1, 0.15) is 6.04 Å². The largest absolute Gasteiger partial charge is 0.354 e. The van der Waals surface area contributed by atoms with Crippen LogP contribution in [-0.2, 0) is 9.59 Å². The van der Waals surface area contributed by atoms with Crippen LogP contribution in [0, 0.1) is 5.92 Å². The lowest BCUT2D eigenvalue weighted by Gasteiger charge is -2.27. The zero-order valence-electron chi connectivity index (χ0n) is 13.7.